The van der Waals surface area contributed by atoms with Gasteiger partial charge in [0.05, 0.1) is 11.6 Å². The van der Waals surface area contributed by atoms with Crippen LogP contribution in [0.15, 0.2) is 18.2 Å². The van der Waals surface area contributed by atoms with Gasteiger partial charge in [-0.3, -0.25) is 0 Å². The molecule has 0 amide bonds. The number of nitrogens with two attached hydrogens (primary N) is 1. The van der Waals surface area contributed by atoms with Gasteiger partial charge in [-0.05, 0) is 30.5 Å². The molecule has 1 unspecified atom stereocenters. The molecule has 1 atom stereocenters. The molecule has 4 heteroatoms. The molecule has 0 saturated carbocycles. The van der Waals surface area contributed by atoms with Crippen LogP contribution >= 0.6 is 11.6 Å². The maximum absolute atomic E-state index is 6.11. The molecule has 1 aromatic carbocycles. The van der Waals surface area contributed by atoms with E-state index < -0.39 is 0 Å². The van der Waals surface area contributed by atoms with Gasteiger partial charge in [0, 0.05) is 13.2 Å². The van der Waals surface area contributed by atoms with E-state index in [0.717, 1.165) is 30.8 Å². The van der Waals surface area contributed by atoms with Crippen LogP contribution in [0.25, 0.3) is 0 Å². The van der Waals surface area contributed by atoms with Gasteiger partial charge in [0.15, 0.2) is 0 Å². The van der Waals surface area contributed by atoms with Crippen LogP contribution in [0.4, 0.5) is 0 Å². The van der Waals surface area contributed by atoms with E-state index in [1.54, 1.807) is 0 Å². The van der Waals surface area contributed by atoms with Crippen molar-refractivity contribution in [1.82, 2.24) is 0 Å². The fourth-order valence-electron chi connectivity index (χ4n) is 1.75. The maximum Gasteiger partial charge on any atom is 0.138 e. The molecule has 0 radical (unpaired) electrons. The highest BCUT2D eigenvalue weighted by molar-refractivity contribution is 6.32. The van der Waals surface area contributed by atoms with Gasteiger partial charge in [-0.1, -0.05) is 17.7 Å². The predicted octanol–water partition coefficient (Wildman–Crippen LogP) is 2.36. The molecule has 1 aliphatic rings. The van der Waals surface area contributed by atoms with Gasteiger partial charge in [-0.15, -0.1) is 0 Å². The average molecular weight is 242 g/mol. The summed E-state index contributed by atoms with van der Waals surface area (Å²) >= 11 is 6.11. The highest BCUT2D eigenvalue weighted by Crippen LogP contribution is 2.27. The molecule has 0 bridgehead atoms. The molecular weight excluding hydrogens is 226 g/mol. The van der Waals surface area contributed by atoms with Crippen LogP contribution in [0, 0.1) is 0 Å². The lowest BCUT2D eigenvalue weighted by atomic mass is 10.1. The molecule has 0 spiro atoms. The third-order valence-corrected chi connectivity index (χ3v) is 2.94. The summed E-state index contributed by atoms with van der Waals surface area (Å²) in [6.45, 7) is 1.97. The maximum atomic E-state index is 6.11. The second-order valence-corrected chi connectivity index (χ2v) is 4.33. The van der Waals surface area contributed by atoms with Crippen LogP contribution in [0.5, 0.6) is 5.75 Å². The minimum atomic E-state index is 0.120. The first-order chi connectivity index (χ1) is 7.79. The van der Waals surface area contributed by atoms with Gasteiger partial charge in [0.2, 0.25) is 0 Å². The van der Waals surface area contributed by atoms with Crippen molar-refractivity contribution in [3.8, 4) is 5.75 Å². The highest BCUT2D eigenvalue weighted by atomic mass is 35.5. The molecule has 1 aromatic rings. The number of hydrogen-bond acceptors (Lipinski definition) is 3. The zero-order chi connectivity index (χ0) is 11.4. The van der Waals surface area contributed by atoms with E-state index in [0.29, 0.717) is 18.2 Å². The number of benzene rings is 1. The monoisotopic (exact) mass is 241 g/mol. The van der Waals surface area contributed by atoms with Gasteiger partial charge in [0.1, 0.15) is 11.9 Å². The minimum absolute atomic E-state index is 0.120. The predicted molar refractivity (Wildman–Crippen MR) is 63.8 cm³/mol. The molecule has 1 heterocycles. The standard InChI is InChI=1S/C12H16ClNO2/c13-11-6-9(7-14)3-4-12(11)16-10-2-1-5-15-8-10/h3-4,6,10H,1-2,5,7-8,14H2. The van der Waals surface area contributed by atoms with Crippen LogP contribution < -0.4 is 10.5 Å². The van der Waals surface area contributed by atoms with Gasteiger partial charge in [0.25, 0.3) is 0 Å². The third-order valence-electron chi connectivity index (χ3n) is 2.64. The van der Waals surface area contributed by atoms with Crippen molar-refractivity contribution < 1.29 is 9.47 Å². The second-order valence-electron chi connectivity index (χ2n) is 3.93. The number of ether oxygens (including phenoxy) is 2. The van der Waals surface area contributed by atoms with Crippen LogP contribution in [0.3, 0.4) is 0 Å². The van der Waals surface area contributed by atoms with Crippen molar-refractivity contribution in [3.05, 3.63) is 28.8 Å². The van der Waals surface area contributed by atoms with Crippen LogP contribution in [0.2, 0.25) is 5.02 Å². The van der Waals surface area contributed by atoms with E-state index in [2.05, 4.69) is 0 Å². The van der Waals surface area contributed by atoms with Gasteiger partial charge >= 0.3 is 0 Å². The number of hydrogen-bond donors (Lipinski definition) is 1. The summed E-state index contributed by atoms with van der Waals surface area (Å²) in [5.41, 5.74) is 6.54. The molecule has 2 rings (SSSR count). The van der Waals surface area contributed by atoms with Gasteiger partial charge in [-0.2, -0.15) is 0 Å². The van der Waals surface area contributed by atoms with Gasteiger partial charge < -0.3 is 15.2 Å². The van der Waals surface area contributed by atoms with Crippen LogP contribution in [-0.4, -0.2) is 19.3 Å². The summed E-state index contributed by atoms with van der Waals surface area (Å²) in [5.74, 6) is 0.717. The Kier molecular flexibility index (Phi) is 4.04. The van der Waals surface area contributed by atoms with Crippen molar-refractivity contribution in [1.29, 1.82) is 0 Å². The Hall–Kier alpha value is -0.770. The smallest absolute Gasteiger partial charge is 0.138 e. The molecule has 3 nitrogen and oxygen atoms in total. The van der Waals surface area contributed by atoms with Crippen molar-refractivity contribution in [2.45, 2.75) is 25.5 Å². The summed E-state index contributed by atoms with van der Waals surface area (Å²) < 4.78 is 11.1. The molecule has 1 saturated heterocycles. The average Bonchev–Trinajstić information content (AvgIpc) is 2.33. The zero-order valence-corrected chi connectivity index (χ0v) is 9.87. The van der Waals surface area contributed by atoms with E-state index >= 15 is 0 Å². The largest absolute Gasteiger partial charge is 0.486 e. The summed E-state index contributed by atoms with van der Waals surface area (Å²) in [6, 6.07) is 5.66. The lowest BCUT2D eigenvalue weighted by molar-refractivity contribution is 0.00747. The lowest BCUT2D eigenvalue weighted by Gasteiger charge is -2.23. The number of halogens is 1. The second kappa shape index (κ2) is 5.53. The van der Waals surface area contributed by atoms with E-state index in [4.69, 9.17) is 26.8 Å². The SMILES string of the molecule is NCc1ccc(OC2CCCOC2)c(Cl)c1. The quantitative estimate of drug-likeness (QED) is 0.884. The molecule has 16 heavy (non-hydrogen) atoms. The summed E-state index contributed by atoms with van der Waals surface area (Å²) in [7, 11) is 0. The minimum Gasteiger partial charge on any atom is -0.486 e. The summed E-state index contributed by atoms with van der Waals surface area (Å²) in [4.78, 5) is 0. The fourth-order valence-corrected chi connectivity index (χ4v) is 2.00. The third kappa shape index (κ3) is 2.88. The number of rotatable bonds is 3. The highest BCUT2D eigenvalue weighted by Gasteiger charge is 2.16. The van der Waals surface area contributed by atoms with Crippen molar-refractivity contribution >= 4 is 11.6 Å². The Morgan fingerprint density at radius 3 is 3.00 bits per heavy atom. The Morgan fingerprint density at radius 2 is 2.38 bits per heavy atom. The molecule has 0 aromatic heterocycles. The zero-order valence-electron chi connectivity index (χ0n) is 9.12. The Balaban J connectivity index is 2.03. The molecule has 1 fully saturated rings. The van der Waals surface area contributed by atoms with E-state index in [-0.39, 0.29) is 6.10 Å². The van der Waals surface area contributed by atoms with Crippen molar-refractivity contribution in [3.63, 3.8) is 0 Å². The first-order valence-corrected chi connectivity index (χ1v) is 5.90. The molecular formula is C12H16ClNO2. The topological polar surface area (TPSA) is 44.5 Å². The first-order valence-electron chi connectivity index (χ1n) is 5.52. The summed E-state index contributed by atoms with van der Waals surface area (Å²) in [6.07, 6.45) is 2.19. The van der Waals surface area contributed by atoms with E-state index in [1.807, 2.05) is 18.2 Å². The Bertz CT molecular complexity index is 351. The van der Waals surface area contributed by atoms with Gasteiger partial charge in [-0.25, -0.2) is 0 Å². The molecule has 0 aliphatic carbocycles. The normalized spacial score (nSPS) is 20.8. The van der Waals surface area contributed by atoms with Crippen molar-refractivity contribution in [2.75, 3.05) is 13.2 Å². The Labute approximate surface area is 100 Å². The van der Waals surface area contributed by atoms with E-state index in [1.165, 1.54) is 0 Å². The fraction of sp³-hybridized carbons (Fsp3) is 0.500. The van der Waals surface area contributed by atoms with E-state index in [9.17, 15) is 0 Å². The van der Waals surface area contributed by atoms with Crippen molar-refractivity contribution in [2.24, 2.45) is 5.73 Å². The molecule has 1 aliphatic heterocycles. The first kappa shape index (κ1) is 11.7. The summed E-state index contributed by atoms with van der Waals surface area (Å²) in [5, 5.41) is 0.619. The van der Waals surface area contributed by atoms with Crippen LogP contribution in [0.1, 0.15) is 18.4 Å². The van der Waals surface area contributed by atoms with Crippen LogP contribution in [-0.2, 0) is 11.3 Å². The Morgan fingerprint density at radius 1 is 1.50 bits per heavy atom. The lowest BCUT2D eigenvalue weighted by Crippen LogP contribution is -2.28. The molecule has 88 valence electrons. The molecule has 2 N–H and O–H groups in total.